The Balaban J connectivity index is 1.53. The van der Waals surface area contributed by atoms with E-state index in [1.165, 1.54) is 0 Å². The smallest absolute Gasteiger partial charge is 0.213 e. The van der Waals surface area contributed by atoms with E-state index < -0.39 is 0 Å². The number of rotatable bonds is 5. The average Bonchev–Trinajstić information content (AvgIpc) is 3.56. The summed E-state index contributed by atoms with van der Waals surface area (Å²) in [6.45, 7) is 0. The van der Waals surface area contributed by atoms with Crippen LogP contribution in [0.1, 0.15) is 0 Å². The van der Waals surface area contributed by atoms with E-state index in [1.807, 2.05) is 109 Å². The molecule has 0 N–H and O–H groups in total. The maximum absolute atomic E-state index is 6.13. The summed E-state index contributed by atoms with van der Waals surface area (Å²) in [6.07, 6.45) is 0. The predicted molar refractivity (Wildman–Crippen MR) is 143 cm³/mol. The molecule has 0 bridgehead atoms. The van der Waals surface area contributed by atoms with E-state index in [0.29, 0.717) is 33.3 Å². The lowest BCUT2D eigenvalue weighted by molar-refractivity contribution is 0.870. The molecule has 0 saturated carbocycles. The lowest BCUT2D eigenvalue weighted by Crippen LogP contribution is -2.00. The Hall–Kier alpha value is -4.26. The Morgan fingerprint density at radius 3 is 1.17 bits per heavy atom. The standard InChI is InChI=1S/C28H18Cl2N6/c29-21-15-11-19(12-16-21)27-31-25(33-35(27)23-7-3-1-4-8-23)26-32-28(20-13-17-22(30)18-14-20)36(34-26)24-9-5-2-6-10-24/h1-18H. The molecule has 0 radical (unpaired) electrons. The van der Waals surface area contributed by atoms with E-state index in [4.69, 9.17) is 43.4 Å². The van der Waals surface area contributed by atoms with Gasteiger partial charge in [-0.2, -0.15) is 0 Å². The van der Waals surface area contributed by atoms with Crippen molar-refractivity contribution in [2.24, 2.45) is 0 Å². The Morgan fingerprint density at radius 2 is 0.806 bits per heavy atom. The first-order chi connectivity index (χ1) is 17.7. The Morgan fingerprint density at radius 1 is 0.444 bits per heavy atom. The van der Waals surface area contributed by atoms with Gasteiger partial charge in [0.2, 0.25) is 11.6 Å². The van der Waals surface area contributed by atoms with Crippen molar-refractivity contribution in [3.8, 4) is 45.8 Å². The first-order valence-corrected chi connectivity index (χ1v) is 12.0. The quantitative estimate of drug-likeness (QED) is 0.248. The topological polar surface area (TPSA) is 61.4 Å². The molecule has 0 aliphatic rings. The second kappa shape index (κ2) is 9.41. The number of benzene rings is 4. The van der Waals surface area contributed by atoms with Crippen LogP contribution in [0.3, 0.4) is 0 Å². The molecule has 174 valence electrons. The summed E-state index contributed by atoms with van der Waals surface area (Å²) in [5.41, 5.74) is 3.51. The molecule has 0 aliphatic heterocycles. The summed E-state index contributed by atoms with van der Waals surface area (Å²) < 4.78 is 3.59. The molecule has 0 aliphatic carbocycles. The van der Waals surface area contributed by atoms with Crippen molar-refractivity contribution >= 4 is 23.2 Å². The van der Waals surface area contributed by atoms with Crippen LogP contribution in [-0.4, -0.2) is 29.5 Å². The number of aromatic nitrogens is 6. The normalized spacial score (nSPS) is 11.1. The molecular formula is C28H18Cl2N6. The third kappa shape index (κ3) is 4.28. The van der Waals surface area contributed by atoms with Gasteiger partial charge in [-0.25, -0.2) is 19.3 Å². The summed E-state index contributed by atoms with van der Waals surface area (Å²) in [7, 11) is 0. The molecule has 0 spiro atoms. The maximum atomic E-state index is 6.13. The number of para-hydroxylation sites is 2. The van der Waals surface area contributed by atoms with E-state index in [-0.39, 0.29) is 0 Å². The van der Waals surface area contributed by atoms with E-state index >= 15 is 0 Å². The van der Waals surface area contributed by atoms with Gasteiger partial charge in [0.1, 0.15) is 0 Å². The minimum Gasteiger partial charge on any atom is -0.213 e. The van der Waals surface area contributed by atoms with Crippen LogP contribution in [0.2, 0.25) is 10.0 Å². The van der Waals surface area contributed by atoms with Crippen molar-refractivity contribution in [1.29, 1.82) is 0 Å². The van der Waals surface area contributed by atoms with Gasteiger partial charge in [0, 0.05) is 21.2 Å². The van der Waals surface area contributed by atoms with Gasteiger partial charge < -0.3 is 0 Å². The lowest BCUT2D eigenvalue weighted by Gasteiger charge is -2.05. The van der Waals surface area contributed by atoms with Gasteiger partial charge in [0.15, 0.2) is 11.6 Å². The van der Waals surface area contributed by atoms with Crippen LogP contribution in [0.4, 0.5) is 0 Å². The molecule has 2 aromatic heterocycles. The number of hydrogen-bond donors (Lipinski definition) is 0. The monoisotopic (exact) mass is 508 g/mol. The zero-order chi connectivity index (χ0) is 24.5. The van der Waals surface area contributed by atoms with Crippen molar-refractivity contribution < 1.29 is 0 Å². The molecule has 6 rings (SSSR count). The molecule has 6 aromatic rings. The Bertz CT molecular complexity index is 1500. The predicted octanol–water partition coefficient (Wildman–Crippen LogP) is 7.16. The minimum atomic E-state index is 0.411. The molecule has 0 saturated heterocycles. The second-order valence-corrected chi connectivity index (χ2v) is 8.90. The van der Waals surface area contributed by atoms with Crippen LogP contribution in [0.5, 0.6) is 0 Å². The van der Waals surface area contributed by atoms with Gasteiger partial charge in [-0.3, -0.25) is 0 Å². The summed E-state index contributed by atoms with van der Waals surface area (Å²) in [6, 6.07) is 34.7. The average molecular weight is 509 g/mol. The third-order valence-electron chi connectivity index (χ3n) is 5.62. The van der Waals surface area contributed by atoms with Crippen molar-refractivity contribution in [1.82, 2.24) is 29.5 Å². The fourth-order valence-corrected chi connectivity index (χ4v) is 4.14. The summed E-state index contributed by atoms with van der Waals surface area (Å²) in [4.78, 5) is 9.72. The van der Waals surface area contributed by atoms with Crippen molar-refractivity contribution in [2.45, 2.75) is 0 Å². The first kappa shape index (κ1) is 22.2. The van der Waals surface area contributed by atoms with Gasteiger partial charge in [0.25, 0.3) is 0 Å². The van der Waals surface area contributed by atoms with E-state index in [0.717, 1.165) is 22.5 Å². The molecule has 0 unspecified atom stereocenters. The van der Waals surface area contributed by atoms with Gasteiger partial charge in [-0.05, 0) is 72.8 Å². The van der Waals surface area contributed by atoms with E-state index in [1.54, 1.807) is 9.36 Å². The molecule has 0 amide bonds. The summed E-state index contributed by atoms with van der Waals surface area (Å²) in [5.74, 6) is 2.15. The van der Waals surface area contributed by atoms with Crippen LogP contribution in [0, 0.1) is 0 Å². The molecule has 36 heavy (non-hydrogen) atoms. The molecule has 0 fully saturated rings. The van der Waals surface area contributed by atoms with Gasteiger partial charge >= 0.3 is 0 Å². The van der Waals surface area contributed by atoms with Crippen molar-refractivity contribution in [3.63, 3.8) is 0 Å². The highest BCUT2D eigenvalue weighted by Crippen LogP contribution is 2.28. The Labute approximate surface area is 217 Å². The molecule has 2 heterocycles. The van der Waals surface area contributed by atoms with Crippen LogP contribution >= 0.6 is 23.2 Å². The summed E-state index contributed by atoms with van der Waals surface area (Å²) in [5, 5.41) is 10.9. The largest absolute Gasteiger partial charge is 0.221 e. The second-order valence-electron chi connectivity index (χ2n) is 8.03. The molecule has 6 nitrogen and oxygen atoms in total. The van der Waals surface area contributed by atoms with Crippen LogP contribution in [-0.2, 0) is 0 Å². The van der Waals surface area contributed by atoms with E-state index in [9.17, 15) is 0 Å². The minimum absolute atomic E-state index is 0.411. The zero-order valence-corrected chi connectivity index (χ0v) is 20.3. The molecule has 0 atom stereocenters. The van der Waals surface area contributed by atoms with Crippen LogP contribution in [0.25, 0.3) is 45.8 Å². The van der Waals surface area contributed by atoms with Gasteiger partial charge in [0.05, 0.1) is 11.4 Å². The number of hydrogen-bond acceptors (Lipinski definition) is 4. The zero-order valence-electron chi connectivity index (χ0n) is 18.8. The highest BCUT2D eigenvalue weighted by atomic mass is 35.5. The van der Waals surface area contributed by atoms with Crippen LogP contribution in [0.15, 0.2) is 109 Å². The highest BCUT2D eigenvalue weighted by molar-refractivity contribution is 6.30. The molecule has 4 aromatic carbocycles. The van der Waals surface area contributed by atoms with Gasteiger partial charge in [-0.1, -0.05) is 59.6 Å². The SMILES string of the molecule is Clc1ccc(-c2nc(-c3nc(-c4ccc(Cl)cc4)n(-c4ccccc4)n3)nn2-c2ccccc2)cc1. The van der Waals surface area contributed by atoms with E-state index in [2.05, 4.69) is 0 Å². The summed E-state index contributed by atoms with van der Waals surface area (Å²) >= 11 is 12.3. The number of halogens is 2. The molecular weight excluding hydrogens is 491 g/mol. The fourth-order valence-electron chi connectivity index (χ4n) is 3.88. The first-order valence-electron chi connectivity index (χ1n) is 11.2. The Kier molecular flexibility index (Phi) is 5.81. The fraction of sp³-hybridized carbons (Fsp3) is 0. The third-order valence-corrected chi connectivity index (χ3v) is 6.12. The lowest BCUT2D eigenvalue weighted by atomic mass is 10.2. The highest BCUT2D eigenvalue weighted by Gasteiger charge is 2.21. The van der Waals surface area contributed by atoms with Crippen LogP contribution < -0.4 is 0 Å². The van der Waals surface area contributed by atoms with Gasteiger partial charge in [-0.15, -0.1) is 10.2 Å². The molecule has 8 heteroatoms. The maximum Gasteiger partial charge on any atom is 0.221 e. The van der Waals surface area contributed by atoms with Crippen molar-refractivity contribution in [3.05, 3.63) is 119 Å². The number of nitrogens with zero attached hydrogens (tertiary/aromatic N) is 6. The van der Waals surface area contributed by atoms with Crippen molar-refractivity contribution in [2.75, 3.05) is 0 Å².